The van der Waals surface area contributed by atoms with E-state index in [1.165, 1.54) is 11.1 Å². The van der Waals surface area contributed by atoms with E-state index in [0.29, 0.717) is 0 Å². The molecule has 3 heteroatoms. The minimum absolute atomic E-state index is 0.204. The average molecular weight is 307 g/mol. The van der Waals surface area contributed by atoms with Crippen LogP contribution in [0.15, 0.2) is 77.4 Å². The number of hydrogen-bond donors (Lipinski definition) is 0. The molecule has 0 saturated heterocycles. The summed E-state index contributed by atoms with van der Waals surface area (Å²) >= 11 is 0. The molecule has 23 heavy (non-hydrogen) atoms. The molecule has 0 aliphatic carbocycles. The smallest absolute Gasteiger partial charge is 0.195 e. The van der Waals surface area contributed by atoms with E-state index in [1.807, 2.05) is 30.3 Å². The summed E-state index contributed by atoms with van der Waals surface area (Å²) in [6.07, 6.45) is 2.60. The molecule has 1 aromatic heterocycles. The number of furan rings is 1. The van der Waals surface area contributed by atoms with E-state index in [-0.39, 0.29) is 6.04 Å². The molecule has 1 heterocycles. The Hall–Kier alpha value is -2.68. The zero-order valence-electron chi connectivity index (χ0n) is 13.5. The summed E-state index contributed by atoms with van der Waals surface area (Å²) in [4.78, 5) is 2.18. The molecule has 1 atom stereocenters. The van der Waals surface area contributed by atoms with Gasteiger partial charge in [0, 0.05) is 13.1 Å². The summed E-state index contributed by atoms with van der Waals surface area (Å²) in [7, 11) is 3.76. The molecule has 3 aromatic rings. The molecule has 118 valence electrons. The molecule has 2 aromatic carbocycles. The topological polar surface area (TPSA) is 25.6 Å². The molecule has 3 rings (SSSR count). The van der Waals surface area contributed by atoms with Crippen molar-refractivity contribution < 1.29 is 9.15 Å². The minimum Gasteiger partial charge on any atom is -0.497 e. The first kappa shape index (κ1) is 15.2. The summed E-state index contributed by atoms with van der Waals surface area (Å²) in [5, 5.41) is 0. The van der Waals surface area contributed by atoms with Crippen LogP contribution in [0.2, 0.25) is 0 Å². The number of hydrogen-bond acceptors (Lipinski definition) is 3. The van der Waals surface area contributed by atoms with Crippen LogP contribution in [0.3, 0.4) is 0 Å². The van der Waals surface area contributed by atoms with Crippen LogP contribution in [0.5, 0.6) is 5.75 Å². The Morgan fingerprint density at radius 3 is 2.30 bits per heavy atom. The van der Waals surface area contributed by atoms with Gasteiger partial charge in [-0.25, -0.2) is 0 Å². The molecule has 0 fully saturated rings. The number of methoxy groups -OCH3 is 1. The van der Waals surface area contributed by atoms with Crippen molar-refractivity contribution in [1.82, 2.24) is 0 Å². The van der Waals surface area contributed by atoms with E-state index in [4.69, 9.17) is 9.15 Å². The largest absolute Gasteiger partial charge is 0.497 e. The summed E-state index contributed by atoms with van der Waals surface area (Å²) in [6.45, 7) is 0. The van der Waals surface area contributed by atoms with Gasteiger partial charge in [-0.1, -0.05) is 42.5 Å². The fourth-order valence-corrected chi connectivity index (χ4v) is 2.76. The van der Waals surface area contributed by atoms with Crippen LogP contribution >= 0.6 is 0 Å². The molecular formula is C20H21NO2. The standard InChI is InChI=1S/C20H21NO2/c1-21(20-9-6-14-23-20)19(17-7-4-3-5-8-17)15-16-10-12-18(22-2)13-11-16/h3-14,19H,15H2,1-2H3. The van der Waals surface area contributed by atoms with Crippen molar-refractivity contribution in [1.29, 1.82) is 0 Å². The van der Waals surface area contributed by atoms with Gasteiger partial charge in [-0.2, -0.15) is 0 Å². The maximum atomic E-state index is 5.58. The van der Waals surface area contributed by atoms with Gasteiger partial charge in [0.25, 0.3) is 0 Å². The van der Waals surface area contributed by atoms with Crippen LogP contribution in [-0.2, 0) is 6.42 Å². The zero-order chi connectivity index (χ0) is 16.1. The summed E-state index contributed by atoms with van der Waals surface area (Å²) in [5.41, 5.74) is 2.53. The van der Waals surface area contributed by atoms with Crippen molar-refractivity contribution in [2.75, 3.05) is 19.1 Å². The van der Waals surface area contributed by atoms with Crippen molar-refractivity contribution in [3.8, 4) is 5.75 Å². The van der Waals surface area contributed by atoms with Crippen molar-refractivity contribution in [2.45, 2.75) is 12.5 Å². The molecule has 1 unspecified atom stereocenters. The second kappa shape index (κ2) is 7.05. The molecular weight excluding hydrogens is 286 g/mol. The van der Waals surface area contributed by atoms with Crippen molar-refractivity contribution in [3.63, 3.8) is 0 Å². The molecule has 0 amide bonds. The number of anilines is 1. The van der Waals surface area contributed by atoms with Gasteiger partial charge in [0.05, 0.1) is 19.4 Å². The fraction of sp³-hybridized carbons (Fsp3) is 0.200. The Morgan fingerprint density at radius 1 is 0.957 bits per heavy atom. The lowest BCUT2D eigenvalue weighted by Crippen LogP contribution is -2.25. The first-order valence-electron chi connectivity index (χ1n) is 7.72. The third kappa shape index (κ3) is 3.57. The maximum Gasteiger partial charge on any atom is 0.195 e. The summed E-state index contributed by atoms with van der Waals surface area (Å²) in [5.74, 6) is 1.75. The van der Waals surface area contributed by atoms with Crippen LogP contribution in [-0.4, -0.2) is 14.2 Å². The second-order valence-electron chi connectivity index (χ2n) is 5.54. The van der Waals surface area contributed by atoms with Crippen LogP contribution in [0.25, 0.3) is 0 Å². The van der Waals surface area contributed by atoms with E-state index in [9.17, 15) is 0 Å². The molecule has 0 spiro atoms. The monoisotopic (exact) mass is 307 g/mol. The summed E-state index contributed by atoms with van der Waals surface area (Å²) in [6, 6.07) is 22.9. The predicted octanol–water partition coefficient (Wildman–Crippen LogP) is 4.71. The van der Waals surface area contributed by atoms with Crippen LogP contribution in [0, 0.1) is 0 Å². The van der Waals surface area contributed by atoms with Gasteiger partial charge in [-0.05, 0) is 35.7 Å². The molecule has 0 aliphatic rings. The quantitative estimate of drug-likeness (QED) is 0.659. The predicted molar refractivity (Wildman–Crippen MR) is 93.0 cm³/mol. The fourth-order valence-electron chi connectivity index (χ4n) is 2.76. The molecule has 0 aliphatic heterocycles. The van der Waals surface area contributed by atoms with Gasteiger partial charge in [0.2, 0.25) is 0 Å². The van der Waals surface area contributed by atoms with E-state index >= 15 is 0 Å². The lowest BCUT2D eigenvalue weighted by molar-refractivity contribution is 0.414. The SMILES string of the molecule is COc1ccc(CC(c2ccccc2)N(C)c2ccco2)cc1. The highest BCUT2D eigenvalue weighted by Crippen LogP contribution is 2.29. The van der Waals surface area contributed by atoms with Crippen molar-refractivity contribution in [2.24, 2.45) is 0 Å². The second-order valence-corrected chi connectivity index (χ2v) is 5.54. The van der Waals surface area contributed by atoms with Gasteiger partial charge in [0.15, 0.2) is 5.88 Å². The number of ether oxygens (including phenoxy) is 1. The maximum absolute atomic E-state index is 5.58. The highest BCUT2D eigenvalue weighted by Gasteiger charge is 2.19. The van der Waals surface area contributed by atoms with E-state index < -0.39 is 0 Å². The molecule has 3 nitrogen and oxygen atoms in total. The van der Waals surface area contributed by atoms with Gasteiger partial charge in [-0.15, -0.1) is 0 Å². The highest BCUT2D eigenvalue weighted by atomic mass is 16.5. The lowest BCUT2D eigenvalue weighted by Gasteiger charge is -2.28. The first-order valence-corrected chi connectivity index (χ1v) is 7.72. The Kier molecular flexibility index (Phi) is 4.67. The third-order valence-electron chi connectivity index (χ3n) is 4.09. The normalized spacial score (nSPS) is 11.9. The van der Waals surface area contributed by atoms with E-state index in [2.05, 4.69) is 48.3 Å². The van der Waals surface area contributed by atoms with Gasteiger partial charge in [0.1, 0.15) is 5.75 Å². The number of rotatable bonds is 6. The number of likely N-dealkylation sites (N-methyl/N-ethyl adjacent to an activating group) is 1. The average Bonchev–Trinajstić information content (AvgIpc) is 3.15. The van der Waals surface area contributed by atoms with E-state index in [1.54, 1.807) is 13.4 Å². The Bertz CT molecular complexity index is 705. The van der Waals surface area contributed by atoms with Gasteiger partial charge >= 0.3 is 0 Å². The number of benzene rings is 2. The van der Waals surface area contributed by atoms with Crippen molar-refractivity contribution in [3.05, 3.63) is 84.1 Å². The van der Waals surface area contributed by atoms with Crippen LogP contribution in [0.1, 0.15) is 17.2 Å². The van der Waals surface area contributed by atoms with Gasteiger partial charge in [-0.3, -0.25) is 0 Å². The molecule has 0 radical (unpaired) electrons. The van der Waals surface area contributed by atoms with Crippen molar-refractivity contribution >= 4 is 5.88 Å². The third-order valence-corrected chi connectivity index (χ3v) is 4.09. The Labute approximate surface area is 137 Å². The first-order chi connectivity index (χ1) is 11.3. The summed E-state index contributed by atoms with van der Waals surface area (Å²) < 4.78 is 10.8. The Morgan fingerprint density at radius 2 is 1.70 bits per heavy atom. The minimum atomic E-state index is 0.204. The zero-order valence-corrected chi connectivity index (χ0v) is 13.5. The lowest BCUT2D eigenvalue weighted by atomic mass is 9.97. The molecule has 0 N–H and O–H groups in total. The number of nitrogens with zero attached hydrogens (tertiary/aromatic N) is 1. The highest BCUT2D eigenvalue weighted by molar-refractivity contribution is 5.40. The molecule has 0 saturated carbocycles. The van der Waals surface area contributed by atoms with Gasteiger partial charge < -0.3 is 14.1 Å². The van der Waals surface area contributed by atoms with Crippen LogP contribution < -0.4 is 9.64 Å². The molecule has 0 bridgehead atoms. The van der Waals surface area contributed by atoms with E-state index in [0.717, 1.165) is 18.1 Å². The Balaban J connectivity index is 1.88. The van der Waals surface area contributed by atoms with Crippen LogP contribution in [0.4, 0.5) is 5.88 Å².